The lowest BCUT2D eigenvalue weighted by Gasteiger charge is -2.35. The van der Waals surface area contributed by atoms with Gasteiger partial charge in [-0.05, 0) is 66.4 Å². The van der Waals surface area contributed by atoms with Gasteiger partial charge in [-0.15, -0.1) is 0 Å². The highest BCUT2D eigenvalue weighted by molar-refractivity contribution is 9.10. The lowest BCUT2D eigenvalue weighted by Crippen LogP contribution is -2.47. The summed E-state index contributed by atoms with van der Waals surface area (Å²) in [6, 6.07) is 3.06. The smallest absolute Gasteiger partial charge is 0.231 e. The Kier molecular flexibility index (Phi) is 4.81. The molecule has 1 fully saturated rings. The van der Waals surface area contributed by atoms with Crippen LogP contribution < -0.4 is 10.6 Å². The zero-order valence-corrected chi connectivity index (χ0v) is 13.4. The second kappa shape index (κ2) is 6.22. The van der Waals surface area contributed by atoms with Gasteiger partial charge in [0.15, 0.2) is 0 Å². The molecule has 2 N–H and O–H groups in total. The Morgan fingerprint density at radius 3 is 2.90 bits per heavy atom. The van der Waals surface area contributed by atoms with E-state index in [1.54, 1.807) is 13.0 Å². The molecule has 0 saturated carbocycles. The minimum Gasteiger partial charge on any atom is -0.325 e. The summed E-state index contributed by atoms with van der Waals surface area (Å²) in [5.74, 6) is -0.293. The average molecular weight is 343 g/mol. The molecule has 3 nitrogen and oxygen atoms in total. The third-order valence-corrected chi connectivity index (χ3v) is 4.75. The summed E-state index contributed by atoms with van der Waals surface area (Å²) in [5, 5.41) is 6.26. The van der Waals surface area contributed by atoms with Crippen molar-refractivity contribution < 1.29 is 9.18 Å². The Morgan fingerprint density at radius 2 is 2.30 bits per heavy atom. The highest BCUT2D eigenvalue weighted by Gasteiger charge is 2.37. The molecule has 1 unspecified atom stereocenters. The molecule has 1 aromatic carbocycles. The Labute approximate surface area is 127 Å². The van der Waals surface area contributed by atoms with Gasteiger partial charge in [0.1, 0.15) is 5.82 Å². The van der Waals surface area contributed by atoms with E-state index in [0.29, 0.717) is 16.7 Å². The summed E-state index contributed by atoms with van der Waals surface area (Å²) >= 11 is 3.16. The van der Waals surface area contributed by atoms with Gasteiger partial charge >= 0.3 is 0 Å². The van der Waals surface area contributed by atoms with Crippen molar-refractivity contribution in [1.29, 1.82) is 0 Å². The number of aryl methyl sites for hydroxylation is 1. The Balaban J connectivity index is 2.20. The fraction of sp³-hybridized carbons (Fsp3) is 0.533. The van der Waals surface area contributed by atoms with Crippen molar-refractivity contribution in [3.8, 4) is 0 Å². The van der Waals surface area contributed by atoms with Gasteiger partial charge < -0.3 is 10.6 Å². The van der Waals surface area contributed by atoms with Crippen LogP contribution in [0.2, 0.25) is 0 Å². The topological polar surface area (TPSA) is 41.1 Å². The number of nitrogens with one attached hydrogen (secondary N) is 2. The minimum absolute atomic E-state index is 0.0220. The number of halogens is 2. The van der Waals surface area contributed by atoms with E-state index in [9.17, 15) is 9.18 Å². The number of carbonyl (C=O) groups excluding carboxylic acids is 1. The van der Waals surface area contributed by atoms with Crippen molar-refractivity contribution in [3.05, 3.63) is 28.0 Å². The Bertz CT molecular complexity index is 513. The SMILES string of the molecule is CCC1(C(=O)Nc2cc(Br)c(F)cc2C)CCCNC1. The first-order valence-corrected chi connectivity index (χ1v) is 7.75. The highest BCUT2D eigenvalue weighted by Crippen LogP contribution is 2.33. The molecule has 5 heteroatoms. The molecule has 1 aromatic rings. The van der Waals surface area contributed by atoms with Gasteiger partial charge in [0.25, 0.3) is 0 Å². The van der Waals surface area contributed by atoms with Crippen molar-refractivity contribution >= 4 is 27.5 Å². The van der Waals surface area contributed by atoms with E-state index >= 15 is 0 Å². The van der Waals surface area contributed by atoms with Crippen LogP contribution in [0.3, 0.4) is 0 Å². The zero-order valence-electron chi connectivity index (χ0n) is 11.9. The van der Waals surface area contributed by atoms with Crippen LogP contribution in [0, 0.1) is 18.2 Å². The van der Waals surface area contributed by atoms with Crippen LogP contribution in [0.1, 0.15) is 31.7 Å². The van der Waals surface area contributed by atoms with E-state index in [1.807, 2.05) is 6.92 Å². The van der Waals surface area contributed by atoms with Gasteiger partial charge in [0, 0.05) is 12.2 Å². The van der Waals surface area contributed by atoms with E-state index in [0.717, 1.165) is 31.4 Å². The Morgan fingerprint density at radius 1 is 1.55 bits per heavy atom. The molecule has 1 heterocycles. The van der Waals surface area contributed by atoms with Crippen LogP contribution in [0.4, 0.5) is 10.1 Å². The van der Waals surface area contributed by atoms with E-state index in [2.05, 4.69) is 26.6 Å². The standard InChI is InChI=1S/C15H20BrFN2O/c1-3-15(5-4-6-18-9-15)14(20)19-13-8-11(16)12(17)7-10(13)2/h7-8,18H,3-6,9H2,1-2H3,(H,19,20). The van der Waals surface area contributed by atoms with Crippen molar-refractivity contribution in [2.24, 2.45) is 5.41 Å². The van der Waals surface area contributed by atoms with Crippen LogP contribution in [-0.2, 0) is 4.79 Å². The maximum atomic E-state index is 13.4. The molecule has 0 spiro atoms. The summed E-state index contributed by atoms with van der Waals surface area (Å²) in [5.41, 5.74) is 1.04. The monoisotopic (exact) mass is 342 g/mol. The average Bonchev–Trinajstić information content (AvgIpc) is 2.45. The molecule has 0 aromatic heterocycles. The molecule has 1 saturated heterocycles. The molecule has 1 atom stereocenters. The second-order valence-electron chi connectivity index (χ2n) is 5.45. The van der Waals surface area contributed by atoms with Crippen LogP contribution in [0.5, 0.6) is 0 Å². The van der Waals surface area contributed by atoms with E-state index in [1.165, 1.54) is 6.07 Å². The molecule has 2 rings (SSSR count). The van der Waals surface area contributed by atoms with Crippen molar-refractivity contribution in [1.82, 2.24) is 5.32 Å². The number of hydrogen-bond acceptors (Lipinski definition) is 2. The van der Waals surface area contributed by atoms with E-state index in [-0.39, 0.29) is 17.1 Å². The van der Waals surface area contributed by atoms with Gasteiger partial charge in [-0.3, -0.25) is 4.79 Å². The first-order valence-electron chi connectivity index (χ1n) is 6.96. The molecular weight excluding hydrogens is 323 g/mol. The van der Waals surface area contributed by atoms with Crippen LogP contribution in [0.25, 0.3) is 0 Å². The molecule has 1 aliphatic rings. The van der Waals surface area contributed by atoms with Crippen molar-refractivity contribution in [2.75, 3.05) is 18.4 Å². The minimum atomic E-state index is -0.356. The molecule has 1 aliphatic heterocycles. The van der Waals surface area contributed by atoms with Crippen LogP contribution in [0.15, 0.2) is 16.6 Å². The van der Waals surface area contributed by atoms with Crippen molar-refractivity contribution in [2.45, 2.75) is 33.1 Å². The number of rotatable bonds is 3. The summed E-state index contributed by atoms with van der Waals surface area (Å²) < 4.78 is 13.8. The number of piperidine rings is 1. The molecule has 0 aliphatic carbocycles. The van der Waals surface area contributed by atoms with Gasteiger partial charge in [-0.2, -0.15) is 0 Å². The third kappa shape index (κ3) is 3.04. The van der Waals surface area contributed by atoms with Crippen molar-refractivity contribution in [3.63, 3.8) is 0 Å². The van der Waals surface area contributed by atoms with Crippen LogP contribution >= 0.6 is 15.9 Å². The quantitative estimate of drug-likeness (QED) is 0.880. The summed E-state index contributed by atoms with van der Waals surface area (Å²) in [6.07, 6.45) is 2.70. The lowest BCUT2D eigenvalue weighted by atomic mass is 9.77. The number of anilines is 1. The highest BCUT2D eigenvalue weighted by atomic mass is 79.9. The third-order valence-electron chi connectivity index (χ3n) is 4.15. The van der Waals surface area contributed by atoms with Gasteiger partial charge in [-0.1, -0.05) is 6.92 Å². The molecular formula is C15H20BrFN2O. The molecule has 20 heavy (non-hydrogen) atoms. The fourth-order valence-corrected chi connectivity index (χ4v) is 3.00. The second-order valence-corrected chi connectivity index (χ2v) is 6.30. The fourth-order valence-electron chi connectivity index (χ4n) is 2.66. The van der Waals surface area contributed by atoms with Gasteiger partial charge in [-0.25, -0.2) is 4.39 Å². The maximum absolute atomic E-state index is 13.4. The summed E-state index contributed by atoms with van der Waals surface area (Å²) in [4.78, 5) is 12.6. The maximum Gasteiger partial charge on any atom is 0.231 e. The largest absolute Gasteiger partial charge is 0.325 e. The first kappa shape index (κ1) is 15.4. The predicted molar refractivity (Wildman–Crippen MR) is 82.3 cm³/mol. The van der Waals surface area contributed by atoms with E-state index in [4.69, 9.17) is 0 Å². The number of hydrogen-bond donors (Lipinski definition) is 2. The molecule has 1 amide bonds. The number of carbonyl (C=O) groups is 1. The summed E-state index contributed by atoms with van der Waals surface area (Å²) in [7, 11) is 0. The van der Waals surface area contributed by atoms with Crippen LogP contribution in [-0.4, -0.2) is 19.0 Å². The first-order chi connectivity index (χ1) is 9.48. The Hall–Kier alpha value is -0.940. The molecule has 0 bridgehead atoms. The van der Waals surface area contributed by atoms with Gasteiger partial charge in [0.05, 0.1) is 9.89 Å². The van der Waals surface area contributed by atoms with E-state index < -0.39 is 0 Å². The number of benzene rings is 1. The lowest BCUT2D eigenvalue weighted by molar-refractivity contribution is -0.126. The molecule has 0 radical (unpaired) electrons. The number of amides is 1. The predicted octanol–water partition coefficient (Wildman–Crippen LogP) is 3.61. The zero-order chi connectivity index (χ0) is 14.8. The van der Waals surface area contributed by atoms with Gasteiger partial charge in [0.2, 0.25) is 5.91 Å². The summed E-state index contributed by atoms with van der Waals surface area (Å²) in [6.45, 7) is 5.51. The normalized spacial score (nSPS) is 22.6. The molecule has 110 valence electrons.